The quantitative estimate of drug-likeness (QED) is 0.602. The van der Waals surface area contributed by atoms with E-state index in [1.165, 1.54) is 19.3 Å². The molecule has 0 radical (unpaired) electrons. The zero-order chi connectivity index (χ0) is 8.77. The van der Waals surface area contributed by atoms with Gasteiger partial charge in [-0.05, 0) is 31.6 Å². The molecule has 12 heavy (non-hydrogen) atoms. The average molecular weight is 169 g/mol. The Kier molecular flexibility index (Phi) is 1.56. The lowest BCUT2D eigenvalue weighted by Gasteiger charge is -2.37. The maximum Gasteiger partial charge on any atom is 0.407 e. The predicted octanol–water partition coefficient (Wildman–Crippen LogP) is 1.93. The molecule has 1 saturated heterocycles. The molecule has 1 saturated carbocycles. The lowest BCUT2D eigenvalue weighted by atomic mass is 9.68. The fraction of sp³-hybridized carbons (Fsp3) is 0.889. The molecule has 1 atom stereocenters. The van der Waals surface area contributed by atoms with Gasteiger partial charge in [-0.15, -0.1) is 0 Å². The van der Waals surface area contributed by atoms with Gasteiger partial charge in [-0.3, -0.25) is 0 Å². The maximum absolute atomic E-state index is 10.8. The zero-order valence-corrected chi connectivity index (χ0v) is 7.42. The number of nitrogens with zero attached hydrogens (tertiary/aromatic N) is 1. The minimum Gasteiger partial charge on any atom is -0.465 e. The van der Waals surface area contributed by atoms with Crippen LogP contribution in [-0.2, 0) is 0 Å². The lowest BCUT2D eigenvalue weighted by Crippen LogP contribution is -2.36. The molecule has 1 aliphatic heterocycles. The van der Waals surface area contributed by atoms with Crippen molar-refractivity contribution in [1.82, 2.24) is 4.90 Å². The van der Waals surface area contributed by atoms with Crippen molar-refractivity contribution in [3.05, 3.63) is 0 Å². The summed E-state index contributed by atoms with van der Waals surface area (Å²) in [5.41, 5.74) is 0.387. The van der Waals surface area contributed by atoms with Crippen LogP contribution in [0.5, 0.6) is 0 Å². The summed E-state index contributed by atoms with van der Waals surface area (Å²) in [6, 6.07) is 0.239. The minimum absolute atomic E-state index is 0.239. The number of likely N-dealkylation sites (tertiary alicyclic amines) is 1. The maximum atomic E-state index is 10.8. The molecule has 0 aromatic rings. The number of rotatable bonds is 0. The Hall–Kier alpha value is -0.730. The van der Waals surface area contributed by atoms with E-state index in [-0.39, 0.29) is 6.04 Å². The van der Waals surface area contributed by atoms with Crippen molar-refractivity contribution in [3.63, 3.8) is 0 Å². The van der Waals surface area contributed by atoms with E-state index in [2.05, 4.69) is 0 Å². The summed E-state index contributed by atoms with van der Waals surface area (Å²) in [7, 11) is 0. The fourth-order valence-electron chi connectivity index (χ4n) is 2.61. The van der Waals surface area contributed by atoms with Crippen LogP contribution in [0.3, 0.4) is 0 Å². The summed E-state index contributed by atoms with van der Waals surface area (Å²) in [4.78, 5) is 12.4. The number of hydrogen-bond acceptors (Lipinski definition) is 1. The predicted molar refractivity (Wildman–Crippen MR) is 45.1 cm³/mol. The molecule has 1 spiro atoms. The highest BCUT2D eigenvalue weighted by atomic mass is 16.4. The highest BCUT2D eigenvalue weighted by Gasteiger charge is 2.47. The van der Waals surface area contributed by atoms with Gasteiger partial charge in [0.2, 0.25) is 0 Å². The van der Waals surface area contributed by atoms with Gasteiger partial charge in [-0.2, -0.15) is 0 Å². The average Bonchev–Trinajstić information content (AvgIpc) is 2.26. The van der Waals surface area contributed by atoms with Gasteiger partial charge in [0.15, 0.2) is 0 Å². The van der Waals surface area contributed by atoms with Gasteiger partial charge >= 0.3 is 6.09 Å². The van der Waals surface area contributed by atoms with Crippen molar-refractivity contribution in [2.24, 2.45) is 5.41 Å². The van der Waals surface area contributed by atoms with Gasteiger partial charge in [0.1, 0.15) is 0 Å². The van der Waals surface area contributed by atoms with Gasteiger partial charge in [0.05, 0.1) is 0 Å². The smallest absolute Gasteiger partial charge is 0.407 e. The van der Waals surface area contributed by atoms with E-state index in [1.54, 1.807) is 4.90 Å². The highest BCUT2D eigenvalue weighted by molar-refractivity contribution is 5.66. The van der Waals surface area contributed by atoms with Crippen molar-refractivity contribution in [2.75, 3.05) is 6.54 Å². The monoisotopic (exact) mass is 169 g/mol. The van der Waals surface area contributed by atoms with Crippen LogP contribution in [0, 0.1) is 5.41 Å². The summed E-state index contributed by atoms with van der Waals surface area (Å²) in [6.07, 6.45) is 4.10. The lowest BCUT2D eigenvalue weighted by molar-refractivity contribution is 0.119. The van der Waals surface area contributed by atoms with Gasteiger partial charge in [-0.25, -0.2) is 4.79 Å². The first-order valence-corrected chi connectivity index (χ1v) is 4.63. The Labute approximate surface area is 72.4 Å². The molecule has 1 aliphatic carbocycles. The largest absolute Gasteiger partial charge is 0.465 e. The molecule has 68 valence electrons. The normalized spacial score (nSPS) is 32.1. The van der Waals surface area contributed by atoms with Crippen molar-refractivity contribution >= 4 is 6.09 Å². The van der Waals surface area contributed by atoms with Gasteiger partial charge in [0, 0.05) is 12.6 Å². The SMILES string of the molecule is CC1CC2(CCC2)CN1C(=O)O. The van der Waals surface area contributed by atoms with Crippen LogP contribution in [0.1, 0.15) is 32.6 Å². The molecule has 0 aromatic heterocycles. The molecule has 0 aromatic carbocycles. The first-order valence-electron chi connectivity index (χ1n) is 4.63. The molecule has 3 nitrogen and oxygen atoms in total. The van der Waals surface area contributed by atoms with Crippen LogP contribution >= 0.6 is 0 Å². The fourth-order valence-corrected chi connectivity index (χ4v) is 2.61. The Morgan fingerprint density at radius 1 is 1.58 bits per heavy atom. The molecule has 2 rings (SSSR count). The third kappa shape index (κ3) is 0.993. The van der Waals surface area contributed by atoms with Crippen molar-refractivity contribution in [3.8, 4) is 0 Å². The van der Waals surface area contributed by atoms with E-state index in [9.17, 15) is 4.79 Å². The first kappa shape index (κ1) is 7.90. The van der Waals surface area contributed by atoms with Crippen LogP contribution in [0.2, 0.25) is 0 Å². The second-order valence-corrected chi connectivity index (χ2v) is 4.32. The summed E-state index contributed by atoms with van der Waals surface area (Å²) in [6.45, 7) is 2.80. The van der Waals surface area contributed by atoms with Crippen LogP contribution in [0.4, 0.5) is 4.79 Å². The van der Waals surface area contributed by atoms with Crippen molar-refractivity contribution in [2.45, 2.75) is 38.6 Å². The molecule has 2 aliphatic rings. The Balaban J connectivity index is 2.06. The third-order valence-corrected chi connectivity index (χ3v) is 3.43. The molecule has 0 bridgehead atoms. The number of amides is 1. The van der Waals surface area contributed by atoms with E-state index in [1.807, 2.05) is 6.92 Å². The van der Waals surface area contributed by atoms with Crippen LogP contribution in [0.25, 0.3) is 0 Å². The minimum atomic E-state index is -0.744. The summed E-state index contributed by atoms with van der Waals surface area (Å²) >= 11 is 0. The summed E-state index contributed by atoms with van der Waals surface area (Å²) in [5, 5.41) is 8.86. The second-order valence-electron chi connectivity index (χ2n) is 4.32. The Morgan fingerprint density at radius 2 is 2.25 bits per heavy atom. The zero-order valence-electron chi connectivity index (χ0n) is 7.42. The Morgan fingerprint density at radius 3 is 2.50 bits per heavy atom. The van der Waals surface area contributed by atoms with Gasteiger partial charge in [-0.1, -0.05) is 6.42 Å². The van der Waals surface area contributed by atoms with Crippen LogP contribution in [0.15, 0.2) is 0 Å². The molecule has 3 heteroatoms. The molecular weight excluding hydrogens is 154 g/mol. The van der Waals surface area contributed by atoms with Crippen LogP contribution < -0.4 is 0 Å². The molecular formula is C9H15NO2. The highest BCUT2D eigenvalue weighted by Crippen LogP contribution is 2.50. The van der Waals surface area contributed by atoms with Gasteiger partial charge < -0.3 is 10.0 Å². The van der Waals surface area contributed by atoms with E-state index in [0.717, 1.165) is 13.0 Å². The van der Waals surface area contributed by atoms with E-state index >= 15 is 0 Å². The van der Waals surface area contributed by atoms with Gasteiger partial charge in [0.25, 0.3) is 0 Å². The van der Waals surface area contributed by atoms with Crippen molar-refractivity contribution in [1.29, 1.82) is 0 Å². The standard InChI is InChI=1S/C9H15NO2/c1-7-5-9(3-2-4-9)6-10(7)8(11)12/h7H,2-6H2,1H3,(H,11,12). The van der Waals surface area contributed by atoms with Crippen molar-refractivity contribution < 1.29 is 9.90 Å². The first-order chi connectivity index (χ1) is 5.63. The third-order valence-electron chi connectivity index (χ3n) is 3.43. The number of carbonyl (C=O) groups is 1. The summed E-state index contributed by atoms with van der Waals surface area (Å²) in [5.74, 6) is 0. The molecule has 1 N–H and O–H groups in total. The number of hydrogen-bond donors (Lipinski definition) is 1. The molecule has 1 unspecified atom stereocenters. The van der Waals surface area contributed by atoms with E-state index in [0.29, 0.717) is 5.41 Å². The second kappa shape index (κ2) is 2.38. The van der Waals surface area contributed by atoms with Crippen LogP contribution in [-0.4, -0.2) is 28.7 Å². The van der Waals surface area contributed by atoms with E-state index < -0.39 is 6.09 Å². The topological polar surface area (TPSA) is 40.5 Å². The Bertz CT molecular complexity index is 211. The van der Waals surface area contributed by atoms with E-state index in [4.69, 9.17) is 5.11 Å². The number of carboxylic acid groups (broad SMARTS) is 1. The summed E-state index contributed by atoms with van der Waals surface area (Å²) < 4.78 is 0. The molecule has 2 fully saturated rings. The molecule has 1 amide bonds. The molecule has 1 heterocycles.